The SMILES string of the molecule is Cc1cc(OCc2ccccc2)ccc1CCCC(=O)C(C)C. The summed E-state index contributed by atoms with van der Waals surface area (Å²) in [5.41, 5.74) is 3.70. The minimum atomic E-state index is 0.143. The second kappa shape index (κ2) is 8.52. The third-order valence-electron chi connectivity index (χ3n) is 4.08. The van der Waals surface area contributed by atoms with Gasteiger partial charge in [0, 0.05) is 12.3 Å². The molecule has 0 radical (unpaired) electrons. The van der Waals surface area contributed by atoms with Crippen LogP contribution in [0.25, 0.3) is 0 Å². The van der Waals surface area contributed by atoms with E-state index in [9.17, 15) is 4.79 Å². The Morgan fingerprint density at radius 1 is 1.09 bits per heavy atom. The summed E-state index contributed by atoms with van der Waals surface area (Å²) in [4.78, 5) is 11.7. The number of Topliss-reactive ketones (excluding diaryl/α,β-unsaturated/α-hetero) is 1. The number of carbonyl (C=O) groups is 1. The molecule has 23 heavy (non-hydrogen) atoms. The van der Waals surface area contributed by atoms with Crippen LogP contribution < -0.4 is 4.74 Å². The maximum absolute atomic E-state index is 11.7. The van der Waals surface area contributed by atoms with Crippen molar-refractivity contribution in [2.24, 2.45) is 5.92 Å². The first-order chi connectivity index (χ1) is 11.1. The van der Waals surface area contributed by atoms with Crippen LogP contribution in [0.3, 0.4) is 0 Å². The largest absolute Gasteiger partial charge is 0.489 e. The molecule has 122 valence electrons. The molecule has 0 saturated heterocycles. The van der Waals surface area contributed by atoms with Gasteiger partial charge in [0.1, 0.15) is 18.1 Å². The van der Waals surface area contributed by atoms with Crippen molar-refractivity contribution in [2.45, 2.75) is 46.6 Å². The van der Waals surface area contributed by atoms with Crippen molar-refractivity contribution in [3.05, 3.63) is 65.2 Å². The van der Waals surface area contributed by atoms with E-state index in [2.05, 4.69) is 31.2 Å². The lowest BCUT2D eigenvalue weighted by atomic mass is 9.98. The molecular formula is C21H26O2. The molecule has 2 heteroatoms. The van der Waals surface area contributed by atoms with Gasteiger partial charge in [-0.25, -0.2) is 0 Å². The number of carbonyl (C=O) groups excluding carboxylic acids is 1. The van der Waals surface area contributed by atoms with Crippen LogP contribution >= 0.6 is 0 Å². The maximum Gasteiger partial charge on any atom is 0.135 e. The first-order valence-electron chi connectivity index (χ1n) is 8.35. The van der Waals surface area contributed by atoms with E-state index in [1.165, 1.54) is 16.7 Å². The number of benzene rings is 2. The maximum atomic E-state index is 11.7. The van der Waals surface area contributed by atoms with Crippen LogP contribution in [-0.2, 0) is 17.8 Å². The molecule has 0 aliphatic carbocycles. The van der Waals surface area contributed by atoms with Gasteiger partial charge in [-0.1, -0.05) is 50.2 Å². The highest BCUT2D eigenvalue weighted by atomic mass is 16.5. The fourth-order valence-electron chi connectivity index (χ4n) is 2.52. The summed E-state index contributed by atoms with van der Waals surface area (Å²) in [6.45, 7) is 6.62. The number of hydrogen-bond acceptors (Lipinski definition) is 2. The quantitative estimate of drug-likeness (QED) is 0.676. The van der Waals surface area contributed by atoms with Crippen molar-refractivity contribution >= 4 is 5.78 Å². The Morgan fingerprint density at radius 3 is 2.48 bits per heavy atom. The number of hydrogen-bond donors (Lipinski definition) is 0. The molecule has 0 spiro atoms. The van der Waals surface area contributed by atoms with Crippen molar-refractivity contribution in [1.82, 2.24) is 0 Å². The molecule has 0 aliphatic heterocycles. The van der Waals surface area contributed by atoms with Crippen molar-refractivity contribution in [3.63, 3.8) is 0 Å². The van der Waals surface area contributed by atoms with E-state index >= 15 is 0 Å². The van der Waals surface area contributed by atoms with Gasteiger partial charge in [0.15, 0.2) is 0 Å². The van der Waals surface area contributed by atoms with E-state index in [-0.39, 0.29) is 5.92 Å². The van der Waals surface area contributed by atoms with E-state index in [1.807, 2.05) is 38.1 Å². The lowest BCUT2D eigenvalue weighted by Gasteiger charge is -2.11. The summed E-state index contributed by atoms with van der Waals surface area (Å²) in [6, 6.07) is 16.4. The van der Waals surface area contributed by atoms with Crippen LogP contribution in [0, 0.1) is 12.8 Å². The van der Waals surface area contributed by atoms with E-state index in [0.29, 0.717) is 18.8 Å². The molecule has 0 bridgehead atoms. The van der Waals surface area contributed by atoms with E-state index in [4.69, 9.17) is 4.74 Å². The predicted octanol–water partition coefficient (Wildman–Crippen LogP) is 5.12. The summed E-state index contributed by atoms with van der Waals surface area (Å²) in [5, 5.41) is 0. The molecule has 0 amide bonds. The fraction of sp³-hybridized carbons (Fsp3) is 0.381. The molecule has 2 aromatic carbocycles. The second-order valence-electron chi connectivity index (χ2n) is 6.34. The zero-order chi connectivity index (χ0) is 16.7. The first-order valence-corrected chi connectivity index (χ1v) is 8.35. The summed E-state index contributed by atoms with van der Waals surface area (Å²) in [5.74, 6) is 1.39. The van der Waals surface area contributed by atoms with Crippen molar-refractivity contribution in [2.75, 3.05) is 0 Å². The molecule has 0 saturated carbocycles. The molecule has 2 nitrogen and oxygen atoms in total. The Kier molecular flexibility index (Phi) is 6.40. The smallest absolute Gasteiger partial charge is 0.135 e. The normalized spacial score (nSPS) is 10.8. The number of ketones is 1. The van der Waals surface area contributed by atoms with Gasteiger partial charge in [-0.2, -0.15) is 0 Å². The van der Waals surface area contributed by atoms with Gasteiger partial charge in [-0.05, 0) is 48.6 Å². The van der Waals surface area contributed by atoms with Gasteiger partial charge in [-0.3, -0.25) is 4.79 Å². The van der Waals surface area contributed by atoms with Crippen LogP contribution in [0.15, 0.2) is 48.5 Å². The molecule has 2 rings (SSSR count). The van der Waals surface area contributed by atoms with Gasteiger partial charge < -0.3 is 4.74 Å². The third-order valence-corrected chi connectivity index (χ3v) is 4.08. The van der Waals surface area contributed by atoms with Crippen LogP contribution in [0.4, 0.5) is 0 Å². The zero-order valence-corrected chi connectivity index (χ0v) is 14.3. The molecule has 0 aliphatic rings. The number of aryl methyl sites for hydroxylation is 2. The highest BCUT2D eigenvalue weighted by Gasteiger charge is 2.08. The Morgan fingerprint density at radius 2 is 1.83 bits per heavy atom. The minimum Gasteiger partial charge on any atom is -0.489 e. The van der Waals surface area contributed by atoms with Gasteiger partial charge >= 0.3 is 0 Å². The van der Waals surface area contributed by atoms with Crippen LogP contribution in [0.5, 0.6) is 5.75 Å². The zero-order valence-electron chi connectivity index (χ0n) is 14.3. The molecule has 2 aromatic rings. The number of rotatable bonds is 8. The second-order valence-corrected chi connectivity index (χ2v) is 6.34. The molecular weight excluding hydrogens is 284 g/mol. The summed E-state index contributed by atoms with van der Waals surface area (Å²) in [7, 11) is 0. The monoisotopic (exact) mass is 310 g/mol. The highest BCUT2D eigenvalue weighted by molar-refractivity contribution is 5.80. The fourth-order valence-corrected chi connectivity index (χ4v) is 2.52. The standard InChI is InChI=1S/C21H26O2/c1-16(2)21(22)11-7-10-19-12-13-20(14-17(19)3)23-15-18-8-5-4-6-9-18/h4-6,8-9,12-14,16H,7,10-11,15H2,1-3H3. The lowest BCUT2D eigenvalue weighted by Crippen LogP contribution is -2.07. The molecule has 0 unspecified atom stereocenters. The summed E-state index contributed by atoms with van der Waals surface area (Å²) >= 11 is 0. The van der Waals surface area contributed by atoms with Crippen LogP contribution in [0.1, 0.15) is 43.4 Å². The Balaban J connectivity index is 1.86. The first kappa shape index (κ1) is 17.3. The molecule has 0 fully saturated rings. The van der Waals surface area contributed by atoms with Crippen LogP contribution in [0.2, 0.25) is 0 Å². The van der Waals surface area contributed by atoms with Gasteiger partial charge in [0.2, 0.25) is 0 Å². The van der Waals surface area contributed by atoms with Crippen LogP contribution in [-0.4, -0.2) is 5.78 Å². The average Bonchev–Trinajstić information content (AvgIpc) is 2.55. The molecule has 0 N–H and O–H groups in total. The Hall–Kier alpha value is -2.09. The van der Waals surface area contributed by atoms with Crippen molar-refractivity contribution < 1.29 is 9.53 Å². The van der Waals surface area contributed by atoms with Crippen molar-refractivity contribution in [3.8, 4) is 5.75 Å². The van der Waals surface area contributed by atoms with E-state index in [1.54, 1.807) is 0 Å². The van der Waals surface area contributed by atoms with E-state index in [0.717, 1.165) is 18.6 Å². The van der Waals surface area contributed by atoms with Crippen molar-refractivity contribution in [1.29, 1.82) is 0 Å². The van der Waals surface area contributed by atoms with Gasteiger partial charge in [-0.15, -0.1) is 0 Å². The van der Waals surface area contributed by atoms with Gasteiger partial charge in [0.25, 0.3) is 0 Å². The summed E-state index contributed by atoms with van der Waals surface area (Å²) < 4.78 is 5.85. The topological polar surface area (TPSA) is 26.3 Å². The Labute approximate surface area is 139 Å². The Bertz CT molecular complexity index is 630. The molecule has 0 heterocycles. The summed E-state index contributed by atoms with van der Waals surface area (Å²) in [6.07, 6.45) is 2.54. The molecule has 0 aromatic heterocycles. The minimum absolute atomic E-state index is 0.143. The molecule has 0 atom stereocenters. The predicted molar refractivity (Wildman–Crippen MR) is 94.7 cm³/mol. The van der Waals surface area contributed by atoms with E-state index < -0.39 is 0 Å². The lowest BCUT2D eigenvalue weighted by molar-refractivity contribution is -0.121. The van der Waals surface area contributed by atoms with Gasteiger partial charge in [0.05, 0.1) is 0 Å². The number of ether oxygens (including phenoxy) is 1. The average molecular weight is 310 g/mol. The third kappa shape index (κ3) is 5.55. The highest BCUT2D eigenvalue weighted by Crippen LogP contribution is 2.20.